The maximum atomic E-state index is 12.0. The summed E-state index contributed by atoms with van der Waals surface area (Å²) in [6.45, 7) is 0. The van der Waals surface area contributed by atoms with E-state index in [0.29, 0.717) is 5.75 Å². The molecule has 0 fully saturated rings. The van der Waals surface area contributed by atoms with Gasteiger partial charge in [-0.25, -0.2) is 4.79 Å². The average molecular weight is 364 g/mol. The molecule has 1 amide bonds. The lowest BCUT2D eigenvalue weighted by molar-refractivity contribution is -0.383. The number of thioether (sulfide) groups is 1. The van der Waals surface area contributed by atoms with Crippen molar-refractivity contribution in [3.63, 3.8) is 0 Å². The fourth-order valence-corrected chi connectivity index (χ4v) is 2.25. The third kappa shape index (κ3) is 6.15. The second kappa shape index (κ2) is 9.94. The van der Waals surface area contributed by atoms with Gasteiger partial charge in [0.15, 0.2) is 0 Å². The highest BCUT2D eigenvalue weighted by atomic mass is 32.2. The number of carbonyl (C=O) groups excluding carboxylic acids is 1. The van der Waals surface area contributed by atoms with Gasteiger partial charge in [-0.15, -0.1) is 0 Å². The summed E-state index contributed by atoms with van der Waals surface area (Å²) in [4.78, 5) is 33.5. The highest BCUT2D eigenvalue weighted by Crippen LogP contribution is 2.23. The number of hydrogen-bond acceptors (Lipinski definition) is 7. The summed E-state index contributed by atoms with van der Waals surface area (Å²) in [6.07, 6.45) is 3.02. The van der Waals surface area contributed by atoms with Gasteiger partial charge < -0.3 is 15.7 Å². The Morgan fingerprint density at radius 1 is 1.48 bits per heavy atom. The maximum Gasteiger partial charge on any atom is 0.326 e. The number of carboxylic acids is 1. The van der Waals surface area contributed by atoms with Gasteiger partial charge in [-0.3, -0.25) is 14.9 Å². The van der Waals surface area contributed by atoms with Gasteiger partial charge in [-0.2, -0.15) is 17.0 Å². The second-order valence-electron chi connectivity index (χ2n) is 4.73. The normalized spacial score (nSPS) is 11.9. The monoisotopic (exact) mass is 364 g/mol. The number of benzene rings is 1. The molecule has 0 spiro atoms. The fourth-order valence-electron chi connectivity index (χ4n) is 1.78. The van der Waals surface area contributed by atoms with Crippen LogP contribution >= 0.6 is 11.8 Å². The van der Waals surface area contributed by atoms with E-state index in [9.17, 15) is 19.7 Å². The second-order valence-corrected chi connectivity index (χ2v) is 5.72. The zero-order valence-corrected chi connectivity index (χ0v) is 14.1. The molecule has 1 rings (SSSR count). The zero-order valence-electron chi connectivity index (χ0n) is 13.3. The van der Waals surface area contributed by atoms with Crippen LogP contribution in [0.2, 0.25) is 0 Å². The Kier molecular flexibility index (Phi) is 7.95. The van der Waals surface area contributed by atoms with Crippen molar-refractivity contribution >= 4 is 35.0 Å². The topological polar surface area (TPSA) is 145 Å². The minimum absolute atomic E-state index is 0.102. The van der Waals surface area contributed by atoms with Gasteiger partial charge in [0.25, 0.3) is 11.6 Å². The molecular weight excluding hydrogens is 348 g/mol. The summed E-state index contributed by atoms with van der Waals surface area (Å²) in [7, 11) is 0. The molecule has 0 saturated carbocycles. The van der Waals surface area contributed by atoms with Crippen molar-refractivity contribution in [3.05, 3.63) is 46.2 Å². The zero-order chi connectivity index (χ0) is 18.8. The van der Waals surface area contributed by atoms with Crippen molar-refractivity contribution in [1.82, 2.24) is 5.32 Å². The molecule has 25 heavy (non-hydrogen) atoms. The third-order valence-corrected chi connectivity index (χ3v) is 3.70. The summed E-state index contributed by atoms with van der Waals surface area (Å²) in [5, 5.41) is 33.9. The molecule has 1 aromatic carbocycles. The maximum absolute atomic E-state index is 12.0. The Morgan fingerprint density at radius 3 is 2.72 bits per heavy atom. The predicted octanol–water partition coefficient (Wildman–Crippen LogP) is 1.74. The number of hydrogen-bond donors (Lipinski definition) is 3. The molecule has 0 aliphatic rings. The van der Waals surface area contributed by atoms with E-state index in [0.717, 1.165) is 6.20 Å². The minimum atomic E-state index is -1.20. The number of nitrogens with zero attached hydrogens (tertiary/aromatic N) is 2. The molecule has 10 heteroatoms. The van der Waals surface area contributed by atoms with Crippen molar-refractivity contribution < 1.29 is 19.6 Å². The van der Waals surface area contributed by atoms with E-state index in [1.807, 2.05) is 0 Å². The number of nitro groups is 1. The number of nitriles is 1. The Labute approximate surface area is 147 Å². The van der Waals surface area contributed by atoms with E-state index >= 15 is 0 Å². The number of carbonyl (C=O) groups is 2. The Hall–Kier alpha value is -3.06. The summed E-state index contributed by atoms with van der Waals surface area (Å²) < 4.78 is 0. The highest BCUT2D eigenvalue weighted by Gasteiger charge is 2.21. The van der Waals surface area contributed by atoms with Crippen LogP contribution in [-0.4, -0.2) is 40.0 Å². The molecule has 9 nitrogen and oxygen atoms in total. The SMILES string of the molecule is CSCCC(NC(=O)/C(C#N)=C\Nc1ccccc1[N+](=O)[O-])C(=O)O. The van der Waals surface area contributed by atoms with Crippen LogP contribution in [-0.2, 0) is 9.59 Å². The van der Waals surface area contributed by atoms with E-state index in [1.54, 1.807) is 18.4 Å². The van der Waals surface area contributed by atoms with Crippen molar-refractivity contribution in [1.29, 1.82) is 5.26 Å². The van der Waals surface area contributed by atoms with Crippen LogP contribution in [0.1, 0.15) is 6.42 Å². The number of para-hydroxylation sites is 2. The molecular formula is C15H16N4O5S. The van der Waals surface area contributed by atoms with Crippen LogP contribution in [0.25, 0.3) is 0 Å². The predicted molar refractivity (Wildman–Crippen MR) is 93.0 cm³/mol. The molecule has 1 unspecified atom stereocenters. The number of aliphatic carboxylic acids is 1. The van der Waals surface area contributed by atoms with Gasteiger partial charge in [-0.05, 0) is 24.5 Å². The van der Waals surface area contributed by atoms with Gasteiger partial charge in [0.1, 0.15) is 23.4 Å². The minimum Gasteiger partial charge on any atom is -0.480 e. The number of amides is 1. The molecule has 0 aromatic heterocycles. The van der Waals surface area contributed by atoms with E-state index in [4.69, 9.17) is 10.4 Å². The summed E-state index contributed by atoms with van der Waals surface area (Å²) in [6, 6.07) is 6.24. The van der Waals surface area contributed by atoms with Gasteiger partial charge >= 0.3 is 5.97 Å². The quantitative estimate of drug-likeness (QED) is 0.260. The Bertz CT molecular complexity index is 729. The van der Waals surface area contributed by atoms with Crippen molar-refractivity contribution in [2.75, 3.05) is 17.3 Å². The van der Waals surface area contributed by atoms with Gasteiger partial charge in [0.05, 0.1) is 4.92 Å². The van der Waals surface area contributed by atoms with Gasteiger partial charge in [0.2, 0.25) is 0 Å². The highest BCUT2D eigenvalue weighted by molar-refractivity contribution is 7.98. The number of carboxylic acid groups (broad SMARTS) is 1. The average Bonchev–Trinajstić information content (AvgIpc) is 2.59. The first-order valence-electron chi connectivity index (χ1n) is 7.03. The Balaban J connectivity index is 2.89. The molecule has 0 saturated heterocycles. The Morgan fingerprint density at radius 2 is 2.16 bits per heavy atom. The van der Waals surface area contributed by atoms with Crippen molar-refractivity contribution in [3.8, 4) is 6.07 Å². The molecule has 3 N–H and O–H groups in total. The lowest BCUT2D eigenvalue weighted by atomic mass is 10.2. The summed E-state index contributed by atoms with van der Waals surface area (Å²) in [5.74, 6) is -1.55. The standard InChI is InChI=1S/C15H16N4O5S/c1-25-7-6-12(15(21)22)18-14(20)10(8-16)9-17-11-4-2-3-5-13(11)19(23)24/h2-5,9,12,17H,6-7H2,1H3,(H,18,20)(H,21,22)/b10-9-. The molecule has 0 bridgehead atoms. The van der Waals surface area contributed by atoms with Crippen LogP contribution in [0.5, 0.6) is 0 Å². The molecule has 1 atom stereocenters. The number of rotatable bonds is 9. The van der Waals surface area contributed by atoms with Gasteiger partial charge in [0, 0.05) is 12.3 Å². The molecule has 0 aliphatic heterocycles. The third-order valence-electron chi connectivity index (χ3n) is 3.05. The van der Waals surface area contributed by atoms with Crippen molar-refractivity contribution in [2.45, 2.75) is 12.5 Å². The molecule has 0 aliphatic carbocycles. The number of anilines is 1. The molecule has 1 aromatic rings. The van der Waals surface area contributed by atoms with E-state index in [1.165, 1.54) is 30.0 Å². The van der Waals surface area contributed by atoms with Gasteiger partial charge in [-0.1, -0.05) is 12.1 Å². The largest absolute Gasteiger partial charge is 0.480 e. The fraction of sp³-hybridized carbons (Fsp3) is 0.267. The lowest BCUT2D eigenvalue weighted by Gasteiger charge is -2.13. The molecule has 0 radical (unpaired) electrons. The van der Waals surface area contributed by atoms with E-state index < -0.39 is 28.4 Å². The lowest BCUT2D eigenvalue weighted by Crippen LogP contribution is -2.41. The number of nitro benzene ring substituents is 1. The van der Waals surface area contributed by atoms with Crippen LogP contribution < -0.4 is 10.6 Å². The van der Waals surface area contributed by atoms with Crippen LogP contribution in [0.15, 0.2) is 36.0 Å². The summed E-state index contributed by atoms with van der Waals surface area (Å²) in [5.41, 5.74) is -0.515. The van der Waals surface area contributed by atoms with E-state index in [-0.39, 0.29) is 17.8 Å². The smallest absolute Gasteiger partial charge is 0.326 e. The first kappa shape index (κ1) is 20.0. The molecule has 132 valence electrons. The number of nitrogens with one attached hydrogen (secondary N) is 2. The van der Waals surface area contributed by atoms with Crippen molar-refractivity contribution in [2.24, 2.45) is 0 Å². The summed E-state index contributed by atoms with van der Waals surface area (Å²) >= 11 is 1.43. The van der Waals surface area contributed by atoms with Crippen LogP contribution in [0.3, 0.4) is 0 Å². The first-order chi connectivity index (χ1) is 11.9. The van der Waals surface area contributed by atoms with Crippen LogP contribution in [0, 0.1) is 21.4 Å². The van der Waals surface area contributed by atoms with E-state index in [2.05, 4.69) is 10.6 Å². The first-order valence-corrected chi connectivity index (χ1v) is 8.43. The molecule has 0 heterocycles. The van der Waals surface area contributed by atoms with Crippen LogP contribution in [0.4, 0.5) is 11.4 Å².